The van der Waals surface area contributed by atoms with Crippen molar-refractivity contribution in [1.29, 1.82) is 0 Å². The quantitative estimate of drug-likeness (QED) is 0.744. The van der Waals surface area contributed by atoms with Crippen molar-refractivity contribution in [1.82, 2.24) is 9.62 Å². The van der Waals surface area contributed by atoms with Gasteiger partial charge in [-0.05, 0) is 57.2 Å². The van der Waals surface area contributed by atoms with Gasteiger partial charge in [0.15, 0.2) is 0 Å². The zero-order valence-electron chi connectivity index (χ0n) is 12.1. The molecule has 0 spiro atoms. The number of benzene rings is 1. The molecule has 0 radical (unpaired) electrons. The van der Waals surface area contributed by atoms with E-state index in [-0.39, 0.29) is 11.4 Å². The van der Waals surface area contributed by atoms with Gasteiger partial charge < -0.3 is 10.6 Å². The van der Waals surface area contributed by atoms with E-state index >= 15 is 0 Å². The second-order valence-electron chi connectivity index (χ2n) is 4.95. The first-order valence-electron chi connectivity index (χ1n) is 6.41. The molecule has 0 amide bonds. The maximum atomic E-state index is 12.3. The molecule has 0 unspecified atom stereocenters. The Bertz CT molecular complexity index is 559. The minimum Gasteiger partial charge on any atom is -0.326 e. The molecule has 1 rings (SSSR count). The standard InChI is InChI=1S/C13H22ClN3O2S/c1-10-11(9-15)7-12(14)8-13(10)20(18,19)16-5-4-6-17(2)3/h7-8,16H,4-6,9,15H2,1-3H3. The van der Waals surface area contributed by atoms with Crippen molar-refractivity contribution in [3.05, 3.63) is 28.3 Å². The van der Waals surface area contributed by atoms with E-state index in [2.05, 4.69) is 4.72 Å². The van der Waals surface area contributed by atoms with E-state index in [1.54, 1.807) is 13.0 Å². The molecule has 7 heteroatoms. The fraction of sp³-hybridized carbons (Fsp3) is 0.538. The van der Waals surface area contributed by atoms with Crippen LogP contribution in [0.15, 0.2) is 17.0 Å². The van der Waals surface area contributed by atoms with Crippen molar-refractivity contribution in [3.8, 4) is 0 Å². The van der Waals surface area contributed by atoms with E-state index in [1.807, 2.05) is 19.0 Å². The van der Waals surface area contributed by atoms with Crippen LogP contribution in [0.1, 0.15) is 17.5 Å². The molecule has 0 atom stereocenters. The lowest BCUT2D eigenvalue weighted by atomic mass is 10.1. The Morgan fingerprint density at radius 1 is 1.35 bits per heavy atom. The number of nitrogens with one attached hydrogen (secondary N) is 1. The highest BCUT2D eigenvalue weighted by Crippen LogP contribution is 2.24. The predicted octanol–water partition coefficient (Wildman–Crippen LogP) is 1.34. The highest BCUT2D eigenvalue weighted by Gasteiger charge is 2.18. The third kappa shape index (κ3) is 4.71. The fourth-order valence-electron chi connectivity index (χ4n) is 1.88. The molecule has 0 aliphatic carbocycles. The second-order valence-corrected chi connectivity index (χ2v) is 7.12. The highest BCUT2D eigenvalue weighted by molar-refractivity contribution is 7.89. The Hall–Kier alpha value is -0.660. The second kappa shape index (κ2) is 7.38. The fourth-order valence-corrected chi connectivity index (χ4v) is 3.57. The maximum absolute atomic E-state index is 12.3. The SMILES string of the molecule is Cc1c(CN)cc(Cl)cc1S(=O)(=O)NCCCN(C)C. The van der Waals surface area contributed by atoms with Gasteiger partial charge in [-0.1, -0.05) is 11.6 Å². The molecule has 0 aliphatic rings. The molecule has 0 fully saturated rings. The number of rotatable bonds is 7. The van der Waals surface area contributed by atoms with Crippen molar-refractivity contribution in [2.75, 3.05) is 27.2 Å². The van der Waals surface area contributed by atoms with Crippen molar-refractivity contribution in [3.63, 3.8) is 0 Å². The number of nitrogens with zero attached hydrogens (tertiary/aromatic N) is 1. The molecule has 3 N–H and O–H groups in total. The van der Waals surface area contributed by atoms with Gasteiger partial charge in [0.25, 0.3) is 0 Å². The molecule has 5 nitrogen and oxygen atoms in total. The summed E-state index contributed by atoms with van der Waals surface area (Å²) >= 11 is 5.96. The van der Waals surface area contributed by atoms with E-state index in [9.17, 15) is 8.42 Å². The van der Waals surface area contributed by atoms with Crippen LogP contribution in [-0.2, 0) is 16.6 Å². The molecule has 0 aliphatic heterocycles. The maximum Gasteiger partial charge on any atom is 0.240 e. The first-order chi connectivity index (χ1) is 9.27. The van der Waals surface area contributed by atoms with Gasteiger partial charge in [0.2, 0.25) is 10.0 Å². The molecule has 1 aromatic rings. The summed E-state index contributed by atoms with van der Waals surface area (Å²) in [5.74, 6) is 0. The van der Waals surface area contributed by atoms with Gasteiger partial charge in [-0.2, -0.15) is 0 Å². The lowest BCUT2D eigenvalue weighted by Gasteiger charge is -2.14. The van der Waals surface area contributed by atoms with Gasteiger partial charge in [-0.15, -0.1) is 0 Å². The molecule has 0 aromatic heterocycles. The van der Waals surface area contributed by atoms with Gasteiger partial charge in [-0.25, -0.2) is 13.1 Å². The first kappa shape index (κ1) is 17.4. The van der Waals surface area contributed by atoms with Crippen LogP contribution >= 0.6 is 11.6 Å². The van der Waals surface area contributed by atoms with Crippen molar-refractivity contribution < 1.29 is 8.42 Å². The van der Waals surface area contributed by atoms with Gasteiger partial charge in [0, 0.05) is 18.1 Å². The van der Waals surface area contributed by atoms with Crippen molar-refractivity contribution >= 4 is 21.6 Å². The molecular weight excluding hydrogens is 298 g/mol. The monoisotopic (exact) mass is 319 g/mol. The molecule has 0 heterocycles. The first-order valence-corrected chi connectivity index (χ1v) is 8.27. The van der Waals surface area contributed by atoms with Crippen molar-refractivity contribution in [2.24, 2.45) is 5.73 Å². The molecule has 0 bridgehead atoms. The summed E-state index contributed by atoms with van der Waals surface area (Å²) in [6.45, 7) is 3.22. The Labute approximate surface area is 126 Å². The van der Waals surface area contributed by atoms with Crippen LogP contribution < -0.4 is 10.5 Å². The summed E-state index contributed by atoms with van der Waals surface area (Å²) < 4.78 is 27.2. The van der Waals surface area contributed by atoms with Gasteiger partial charge in [-0.3, -0.25) is 0 Å². The van der Waals surface area contributed by atoms with Crippen LogP contribution in [0.25, 0.3) is 0 Å². The van der Waals surface area contributed by atoms with E-state index in [0.717, 1.165) is 18.5 Å². The Morgan fingerprint density at radius 2 is 2.00 bits per heavy atom. The van der Waals surface area contributed by atoms with Crippen LogP contribution in [0.5, 0.6) is 0 Å². The van der Waals surface area contributed by atoms with Crippen molar-refractivity contribution in [2.45, 2.75) is 24.8 Å². The summed E-state index contributed by atoms with van der Waals surface area (Å²) in [6.07, 6.45) is 0.746. The lowest BCUT2D eigenvalue weighted by Crippen LogP contribution is -2.28. The van der Waals surface area contributed by atoms with Gasteiger partial charge >= 0.3 is 0 Å². The van der Waals surface area contributed by atoms with E-state index in [0.29, 0.717) is 17.1 Å². The Balaban J connectivity index is 2.90. The Kier molecular flexibility index (Phi) is 6.42. The summed E-state index contributed by atoms with van der Waals surface area (Å²) in [7, 11) is 0.343. The van der Waals surface area contributed by atoms with E-state index in [1.165, 1.54) is 6.07 Å². The normalized spacial score (nSPS) is 12.1. The minimum atomic E-state index is -3.55. The lowest BCUT2D eigenvalue weighted by molar-refractivity contribution is 0.400. The van der Waals surface area contributed by atoms with Crippen LogP contribution in [0, 0.1) is 6.92 Å². The number of hydrogen-bond acceptors (Lipinski definition) is 4. The van der Waals surface area contributed by atoms with Crippen LogP contribution in [0.4, 0.5) is 0 Å². The number of sulfonamides is 1. The predicted molar refractivity (Wildman–Crippen MR) is 82.4 cm³/mol. The largest absolute Gasteiger partial charge is 0.326 e. The third-order valence-corrected chi connectivity index (χ3v) is 4.82. The highest BCUT2D eigenvalue weighted by atomic mass is 35.5. The average Bonchev–Trinajstić information content (AvgIpc) is 2.36. The molecule has 20 heavy (non-hydrogen) atoms. The molecule has 114 valence electrons. The zero-order chi connectivity index (χ0) is 15.3. The van der Waals surface area contributed by atoms with Crippen LogP contribution in [-0.4, -0.2) is 40.5 Å². The topological polar surface area (TPSA) is 75.4 Å². The van der Waals surface area contributed by atoms with E-state index in [4.69, 9.17) is 17.3 Å². The summed E-state index contributed by atoms with van der Waals surface area (Å²) in [6, 6.07) is 3.16. The molecule has 0 saturated carbocycles. The van der Waals surface area contributed by atoms with Gasteiger partial charge in [0.05, 0.1) is 4.90 Å². The summed E-state index contributed by atoms with van der Waals surface area (Å²) in [4.78, 5) is 2.21. The summed E-state index contributed by atoms with van der Waals surface area (Å²) in [5, 5.41) is 0.379. The van der Waals surface area contributed by atoms with Crippen LogP contribution in [0.3, 0.4) is 0 Å². The minimum absolute atomic E-state index is 0.204. The number of halogens is 1. The average molecular weight is 320 g/mol. The summed E-state index contributed by atoms with van der Waals surface area (Å²) in [5.41, 5.74) is 7.00. The third-order valence-electron chi connectivity index (χ3n) is 3.02. The van der Waals surface area contributed by atoms with Gasteiger partial charge in [0.1, 0.15) is 0 Å². The number of nitrogens with two attached hydrogens (primary N) is 1. The smallest absolute Gasteiger partial charge is 0.240 e. The zero-order valence-corrected chi connectivity index (χ0v) is 13.7. The molecule has 1 aromatic carbocycles. The van der Waals surface area contributed by atoms with Crippen LogP contribution in [0.2, 0.25) is 5.02 Å². The molecular formula is C13H22ClN3O2S. The number of hydrogen-bond donors (Lipinski definition) is 2. The molecule has 0 saturated heterocycles. The Morgan fingerprint density at radius 3 is 2.55 bits per heavy atom. The van der Waals surface area contributed by atoms with E-state index < -0.39 is 10.0 Å².